The zero-order chi connectivity index (χ0) is 17.0. The van der Waals surface area contributed by atoms with Crippen LogP contribution in [0, 0.1) is 18.8 Å². The first-order valence-corrected chi connectivity index (χ1v) is 8.10. The number of rotatable bonds is 5. The van der Waals surface area contributed by atoms with Crippen molar-refractivity contribution in [3.63, 3.8) is 0 Å². The number of nitrogens with one attached hydrogen (secondary N) is 1. The minimum atomic E-state index is -0.748. The predicted octanol–water partition coefficient (Wildman–Crippen LogP) is 3.07. The molecule has 1 unspecified atom stereocenters. The molecule has 2 rings (SSSR count). The van der Waals surface area contributed by atoms with Crippen LogP contribution < -0.4 is 10.1 Å². The number of aliphatic carboxylic acids is 1. The van der Waals surface area contributed by atoms with Gasteiger partial charge in [-0.25, -0.2) is 0 Å². The zero-order valence-corrected chi connectivity index (χ0v) is 14.0. The van der Waals surface area contributed by atoms with E-state index in [0.717, 1.165) is 16.9 Å². The summed E-state index contributed by atoms with van der Waals surface area (Å²) in [6.07, 6.45) is 2.44. The molecule has 0 spiro atoms. The Hall–Kier alpha value is -2.04. The van der Waals surface area contributed by atoms with Crippen molar-refractivity contribution in [3.05, 3.63) is 29.3 Å². The molecule has 0 radical (unpaired) electrons. The predicted molar refractivity (Wildman–Crippen MR) is 87.4 cm³/mol. The van der Waals surface area contributed by atoms with Gasteiger partial charge in [-0.15, -0.1) is 0 Å². The fourth-order valence-electron chi connectivity index (χ4n) is 3.20. The van der Waals surface area contributed by atoms with Gasteiger partial charge in [0.05, 0.1) is 19.1 Å². The van der Waals surface area contributed by atoms with Gasteiger partial charge in [0.25, 0.3) is 0 Å². The van der Waals surface area contributed by atoms with Gasteiger partial charge >= 0.3 is 5.97 Å². The maximum absolute atomic E-state index is 12.4. The lowest BCUT2D eigenvalue weighted by Crippen LogP contribution is -2.35. The molecule has 1 saturated carbocycles. The van der Waals surface area contributed by atoms with Gasteiger partial charge in [-0.3, -0.25) is 9.59 Å². The van der Waals surface area contributed by atoms with Crippen LogP contribution in [0.15, 0.2) is 18.2 Å². The van der Waals surface area contributed by atoms with Crippen LogP contribution in [0.25, 0.3) is 0 Å². The highest BCUT2D eigenvalue weighted by Crippen LogP contribution is 2.31. The SMILES string of the molecule is COc1ccc(C)cc1C(C)NC(=O)C1CCC(C(=O)O)CC1. The van der Waals surface area contributed by atoms with E-state index < -0.39 is 5.97 Å². The van der Waals surface area contributed by atoms with Gasteiger partial charge in [0.2, 0.25) is 5.91 Å². The first kappa shape index (κ1) is 17.3. The molecule has 1 aliphatic rings. The summed E-state index contributed by atoms with van der Waals surface area (Å²) < 4.78 is 5.37. The van der Waals surface area contributed by atoms with E-state index in [9.17, 15) is 9.59 Å². The number of ether oxygens (including phenoxy) is 1. The van der Waals surface area contributed by atoms with Crippen LogP contribution in [0.2, 0.25) is 0 Å². The van der Waals surface area contributed by atoms with E-state index in [0.29, 0.717) is 25.7 Å². The summed E-state index contributed by atoms with van der Waals surface area (Å²) >= 11 is 0. The average Bonchev–Trinajstić information content (AvgIpc) is 2.54. The van der Waals surface area contributed by atoms with Crippen LogP contribution in [-0.2, 0) is 9.59 Å². The first-order valence-electron chi connectivity index (χ1n) is 8.10. The van der Waals surface area contributed by atoms with E-state index in [1.54, 1.807) is 7.11 Å². The van der Waals surface area contributed by atoms with E-state index in [4.69, 9.17) is 9.84 Å². The van der Waals surface area contributed by atoms with Crippen molar-refractivity contribution in [1.29, 1.82) is 0 Å². The number of carbonyl (C=O) groups is 2. The molecular weight excluding hydrogens is 294 g/mol. The molecule has 0 aromatic heterocycles. The molecular formula is C18H25NO4. The van der Waals surface area contributed by atoms with E-state index in [1.165, 1.54) is 0 Å². The molecule has 0 aliphatic heterocycles. The smallest absolute Gasteiger partial charge is 0.306 e. The summed E-state index contributed by atoms with van der Waals surface area (Å²) in [6.45, 7) is 3.95. The Morgan fingerprint density at radius 2 is 1.83 bits per heavy atom. The molecule has 5 nitrogen and oxygen atoms in total. The van der Waals surface area contributed by atoms with Gasteiger partial charge in [-0.2, -0.15) is 0 Å². The molecule has 1 aliphatic carbocycles. The number of hydrogen-bond acceptors (Lipinski definition) is 3. The van der Waals surface area contributed by atoms with Crippen LogP contribution in [0.3, 0.4) is 0 Å². The maximum atomic E-state index is 12.4. The van der Waals surface area contributed by atoms with Crippen LogP contribution in [0.1, 0.15) is 49.8 Å². The Morgan fingerprint density at radius 1 is 1.22 bits per heavy atom. The van der Waals surface area contributed by atoms with Gasteiger partial charge in [-0.05, 0) is 45.6 Å². The van der Waals surface area contributed by atoms with Gasteiger partial charge < -0.3 is 15.2 Å². The molecule has 126 valence electrons. The molecule has 1 fully saturated rings. The van der Waals surface area contributed by atoms with E-state index in [-0.39, 0.29) is 23.8 Å². The van der Waals surface area contributed by atoms with Crippen LogP contribution >= 0.6 is 0 Å². The number of carboxylic acids is 1. The average molecular weight is 319 g/mol. The summed E-state index contributed by atoms with van der Waals surface area (Å²) in [6, 6.07) is 5.76. The molecule has 0 heterocycles. The summed E-state index contributed by atoms with van der Waals surface area (Å²) in [7, 11) is 1.62. The molecule has 1 aromatic carbocycles. The van der Waals surface area contributed by atoms with Crippen LogP contribution in [0.5, 0.6) is 5.75 Å². The van der Waals surface area contributed by atoms with E-state index in [2.05, 4.69) is 5.32 Å². The van der Waals surface area contributed by atoms with Crippen LogP contribution in [-0.4, -0.2) is 24.1 Å². The third-order valence-corrected chi connectivity index (χ3v) is 4.66. The number of carbonyl (C=O) groups excluding carboxylic acids is 1. The number of carboxylic acid groups (broad SMARTS) is 1. The third kappa shape index (κ3) is 4.24. The lowest BCUT2D eigenvalue weighted by atomic mass is 9.81. The number of methoxy groups -OCH3 is 1. The van der Waals surface area contributed by atoms with Gasteiger partial charge in [0.15, 0.2) is 0 Å². The van der Waals surface area contributed by atoms with Crippen molar-refractivity contribution >= 4 is 11.9 Å². The molecule has 2 N–H and O–H groups in total. The van der Waals surface area contributed by atoms with E-state index >= 15 is 0 Å². The third-order valence-electron chi connectivity index (χ3n) is 4.66. The maximum Gasteiger partial charge on any atom is 0.306 e. The van der Waals surface area contributed by atoms with E-state index in [1.807, 2.05) is 32.0 Å². The van der Waals surface area contributed by atoms with Gasteiger partial charge in [-0.1, -0.05) is 17.7 Å². The minimum absolute atomic E-state index is 0.00454. The molecule has 1 atom stereocenters. The fraction of sp³-hybridized carbons (Fsp3) is 0.556. The quantitative estimate of drug-likeness (QED) is 0.874. The normalized spacial score (nSPS) is 22.2. The Kier molecular flexibility index (Phi) is 5.64. The lowest BCUT2D eigenvalue weighted by Gasteiger charge is -2.27. The second-order valence-corrected chi connectivity index (χ2v) is 6.36. The van der Waals surface area contributed by atoms with Crippen molar-refractivity contribution < 1.29 is 19.4 Å². The molecule has 5 heteroatoms. The largest absolute Gasteiger partial charge is 0.496 e. The number of benzene rings is 1. The highest BCUT2D eigenvalue weighted by Gasteiger charge is 2.30. The Balaban J connectivity index is 1.98. The number of amides is 1. The topological polar surface area (TPSA) is 75.6 Å². The van der Waals surface area contributed by atoms with Crippen molar-refractivity contribution in [2.24, 2.45) is 11.8 Å². The van der Waals surface area contributed by atoms with Crippen molar-refractivity contribution in [1.82, 2.24) is 5.32 Å². The monoisotopic (exact) mass is 319 g/mol. The Labute approximate surface area is 137 Å². The van der Waals surface area contributed by atoms with Crippen molar-refractivity contribution in [2.45, 2.75) is 45.6 Å². The summed E-state index contributed by atoms with van der Waals surface area (Å²) in [5.74, 6) is -0.373. The second kappa shape index (κ2) is 7.49. The standard InChI is InChI=1S/C18H25NO4/c1-11-4-9-16(23-3)15(10-11)12(2)19-17(20)13-5-7-14(8-6-13)18(21)22/h4,9-10,12-14H,5-8H2,1-3H3,(H,19,20)(H,21,22). The molecule has 1 aromatic rings. The first-order chi connectivity index (χ1) is 10.9. The Morgan fingerprint density at radius 3 is 2.39 bits per heavy atom. The van der Waals surface area contributed by atoms with Gasteiger partial charge in [0, 0.05) is 11.5 Å². The number of aryl methyl sites for hydroxylation is 1. The molecule has 0 saturated heterocycles. The number of hydrogen-bond donors (Lipinski definition) is 2. The summed E-state index contributed by atoms with van der Waals surface area (Å²) in [4.78, 5) is 23.4. The molecule has 0 bridgehead atoms. The van der Waals surface area contributed by atoms with Crippen LogP contribution in [0.4, 0.5) is 0 Å². The van der Waals surface area contributed by atoms with Gasteiger partial charge in [0.1, 0.15) is 5.75 Å². The van der Waals surface area contributed by atoms with Crippen molar-refractivity contribution in [2.75, 3.05) is 7.11 Å². The van der Waals surface area contributed by atoms with Crippen molar-refractivity contribution in [3.8, 4) is 5.75 Å². The minimum Gasteiger partial charge on any atom is -0.496 e. The summed E-state index contributed by atoms with van der Waals surface area (Å²) in [5.41, 5.74) is 2.07. The molecule has 23 heavy (non-hydrogen) atoms. The highest BCUT2D eigenvalue weighted by atomic mass is 16.5. The zero-order valence-electron chi connectivity index (χ0n) is 14.0. The Bertz CT molecular complexity index is 576. The highest BCUT2D eigenvalue weighted by molar-refractivity contribution is 5.79. The lowest BCUT2D eigenvalue weighted by molar-refractivity contribution is -0.144. The fourth-order valence-corrected chi connectivity index (χ4v) is 3.20. The second-order valence-electron chi connectivity index (χ2n) is 6.36. The summed E-state index contributed by atoms with van der Waals surface area (Å²) in [5, 5.41) is 12.1. The molecule has 1 amide bonds.